The number of ether oxygens (including phenoxy) is 4. The minimum absolute atomic E-state index is 0.106. The molecule has 2 saturated heterocycles. The molecule has 230 valence electrons. The average Bonchev–Trinajstić information content (AvgIpc) is 3.72. The van der Waals surface area contributed by atoms with E-state index >= 15 is 0 Å². The second kappa shape index (κ2) is 12.2. The van der Waals surface area contributed by atoms with Gasteiger partial charge in [-0.1, -0.05) is 42.5 Å². The minimum atomic E-state index is -0.754. The lowest BCUT2D eigenvalue weighted by atomic mass is 9.82. The monoisotopic (exact) mass is 599 g/mol. The molecule has 2 fully saturated rings. The van der Waals surface area contributed by atoms with Gasteiger partial charge < -0.3 is 23.8 Å². The summed E-state index contributed by atoms with van der Waals surface area (Å²) in [6.07, 6.45) is 1.99. The lowest BCUT2D eigenvalue weighted by Gasteiger charge is -2.32. The number of fused-ring (bicyclic) bond motifs is 1. The van der Waals surface area contributed by atoms with Crippen LogP contribution in [-0.4, -0.2) is 70.5 Å². The molecule has 0 saturated carbocycles. The van der Waals surface area contributed by atoms with Gasteiger partial charge >= 0.3 is 12.2 Å². The van der Waals surface area contributed by atoms with Crippen LogP contribution >= 0.6 is 0 Å². The third-order valence-corrected chi connectivity index (χ3v) is 8.31. The number of aromatic nitrogens is 1. The second-order valence-corrected chi connectivity index (χ2v) is 12.4. The molecule has 4 atom stereocenters. The highest BCUT2D eigenvalue weighted by atomic mass is 16.7. The van der Waals surface area contributed by atoms with Crippen molar-refractivity contribution >= 4 is 18.1 Å². The topological polar surface area (TPSA) is 108 Å². The SMILES string of the molecule is CC(C)(C)OC(=O)N1C[C@H](c2ccc3c(c2)OCO3)[C@@H](C(=O)N2C(=O)OC[C@@H]2Cc2ccccc2)[C@@H]1CCc1ccccn1. The number of benzene rings is 2. The highest BCUT2D eigenvalue weighted by Gasteiger charge is 2.53. The molecule has 3 aromatic rings. The zero-order valence-electron chi connectivity index (χ0n) is 25.2. The second-order valence-electron chi connectivity index (χ2n) is 12.4. The Morgan fingerprint density at radius 1 is 0.977 bits per heavy atom. The molecule has 10 heteroatoms. The molecule has 0 unspecified atom stereocenters. The van der Waals surface area contributed by atoms with Crippen molar-refractivity contribution in [3.63, 3.8) is 0 Å². The van der Waals surface area contributed by atoms with Gasteiger partial charge in [0.05, 0.1) is 12.0 Å². The summed E-state index contributed by atoms with van der Waals surface area (Å²) in [7, 11) is 0. The normalized spacial score (nSPS) is 22.7. The molecular weight excluding hydrogens is 562 g/mol. The molecule has 4 heterocycles. The molecule has 3 amide bonds. The van der Waals surface area contributed by atoms with E-state index in [4.69, 9.17) is 18.9 Å². The van der Waals surface area contributed by atoms with Crippen LogP contribution in [0.2, 0.25) is 0 Å². The van der Waals surface area contributed by atoms with E-state index in [9.17, 15) is 14.4 Å². The van der Waals surface area contributed by atoms with Gasteiger partial charge in [0.15, 0.2) is 11.5 Å². The molecule has 44 heavy (non-hydrogen) atoms. The van der Waals surface area contributed by atoms with Crippen molar-refractivity contribution in [2.45, 2.75) is 63.6 Å². The van der Waals surface area contributed by atoms with Crippen LogP contribution in [0.25, 0.3) is 0 Å². The molecule has 1 aromatic heterocycles. The number of rotatable bonds is 7. The van der Waals surface area contributed by atoms with Crippen LogP contribution in [-0.2, 0) is 27.1 Å². The van der Waals surface area contributed by atoms with Crippen molar-refractivity contribution in [3.8, 4) is 11.5 Å². The third-order valence-electron chi connectivity index (χ3n) is 8.31. The first kappa shape index (κ1) is 29.5. The largest absolute Gasteiger partial charge is 0.454 e. The predicted octanol–water partition coefficient (Wildman–Crippen LogP) is 5.35. The van der Waals surface area contributed by atoms with Crippen molar-refractivity contribution in [1.82, 2.24) is 14.8 Å². The summed E-state index contributed by atoms with van der Waals surface area (Å²) in [6.45, 7) is 5.89. The van der Waals surface area contributed by atoms with Gasteiger partial charge in [-0.3, -0.25) is 9.78 Å². The maximum atomic E-state index is 14.7. The van der Waals surface area contributed by atoms with Gasteiger partial charge in [0.2, 0.25) is 12.7 Å². The zero-order valence-corrected chi connectivity index (χ0v) is 25.2. The molecule has 2 aromatic carbocycles. The lowest BCUT2D eigenvalue weighted by molar-refractivity contribution is -0.134. The Kier molecular flexibility index (Phi) is 8.16. The number of likely N-dealkylation sites (tertiary alicyclic amines) is 1. The van der Waals surface area contributed by atoms with Crippen LogP contribution in [0.15, 0.2) is 72.9 Å². The van der Waals surface area contributed by atoms with Crippen molar-refractivity contribution in [3.05, 3.63) is 89.7 Å². The third kappa shape index (κ3) is 6.20. The van der Waals surface area contributed by atoms with Crippen LogP contribution in [0, 0.1) is 5.92 Å². The molecule has 0 N–H and O–H groups in total. The van der Waals surface area contributed by atoms with E-state index in [1.807, 2.05) is 87.5 Å². The summed E-state index contributed by atoms with van der Waals surface area (Å²) in [6, 6.07) is 19.9. The maximum Gasteiger partial charge on any atom is 0.416 e. The molecule has 10 nitrogen and oxygen atoms in total. The minimum Gasteiger partial charge on any atom is -0.454 e. The van der Waals surface area contributed by atoms with Crippen LogP contribution in [0.3, 0.4) is 0 Å². The van der Waals surface area contributed by atoms with Gasteiger partial charge in [-0.2, -0.15) is 0 Å². The number of aryl methyl sites for hydroxylation is 1. The average molecular weight is 600 g/mol. The molecule has 3 aliphatic rings. The molecular formula is C34H37N3O7. The summed E-state index contributed by atoms with van der Waals surface area (Å²) in [5.74, 6) is -0.360. The van der Waals surface area contributed by atoms with E-state index in [1.54, 1.807) is 11.1 Å². The number of carbonyl (C=O) groups excluding carboxylic acids is 3. The van der Waals surface area contributed by atoms with E-state index in [-0.39, 0.29) is 25.9 Å². The Morgan fingerprint density at radius 3 is 2.50 bits per heavy atom. The lowest BCUT2D eigenvalue weighted by Crippen LogP contribution is -2.49. The molecule has 0 aliphatic carbocycles. The van der Waals surface area contributed by atoms with Crippen LogP contribution in [0.4, 0.5) is 9.59 Å². The summed E-state index contributed by atoms with van der Waals surface area (Å²) in [5, 5.41) is 0. The smallest absolute Gasteiger partial charge is 0.416 e. The van der Waals surface area contributed by atoms with Crippen molar-refractivity contribution in [2.75, 3.05) is 19.9 Å². The zero-order chi connectivity index (χ0) is 30.8. The van der Waals surface area contributed by atoms with Gasteiger partial charge in [0.25, 0.3) is 0 Å². The van der Waals surface area contributed by atoms with Gasteiger partial charge in [-0.05, 0) is 75.4 Å². The number of nitrogens with zero attached hydrogens (tertiary/aromatic N) is 3. The summed E-state index contributed by atoms with van der Waals surface area (Å²) in [4.78, 5) is 49.0. The van der Waals surface area contributed by atoms with Gasteiger partial charge in [0.1, 0.15) is 12.2 Å². The Bertz CT molecular complexity index is 1510. The molecule has 3 aliphatic heterocycles. The highest BCUT2D eigenvalue weighted by molar-refractivity contribution is 5.96. The standard InChI is InChI=1S/C34H37N3O7/c1-34(2,3)44-32(39)36-19-26(23-12-15-28-29(18-23)43-21-42-28)30(27(36)14-13-24-11-7-8-16-35-24)31(38)37-25(20-41-33(37)40)17-22-9-5-4-6-10-22/h4-12,15-16,18,25-27,30H,13-14,17,19-21H2,1-3H3/t25-,26+,27-,30+/m0/s1. The first-order valence-corrected chi connectivity index (χ1v) is 15.0. The number of cyclic esters (lactones) is 1. The van der Waals surface area contributed by atoms with E-state index < -0.39 is 41.7 Å². The number of carbonyl (C=O) groups is 3. The molecule has 0 bridgehead atoms. The fraction of sp³-hybridized carbons (Fsp3) is 0.412. The fourth-order valence-corrected chi connectivity index (χ4v) is 6.35. The fourth-order valence-electron chi connectivity index (χ4n) is 6.35. The first-order valence-electron chi connectivity index (χ1n) is 15.0. The Hall–Kier alpha value is -4.60. The van der Waals surface area contributed by atoms with E-state index in [2.05, 4.69) is 4.98 Å². The summed E-state index contributed by atoms with van der Waals surface area (Å²) >= 11 is 0. The van der Waals surface area contributed by atoms with Gasteiger partial charge in [-0.25, -0.2) is 14.5 Å². The molecule has 6 rings (SSSR count). The van der Waals surface area contributed by atoms with E-state index in [1.165, 1.54) is 4.90 Å². The highest BCUT2D eigenvalue weighted by Crippen LogP contribution is 2.44. The number of pyridine rings is 1. The van der Waals surface area contributed by atoms with Crippen LogP contribution < -0.4 is 9.47 Å². The first-order chi connectivity index (χ1) is 21.2. The summed E-state index contributed by atoms with van der Waals surface area (Å²) in [5.41, 5.74) is 1.92. The van der Waals surface area contributed by atoms with Crippen molar-refractivity contribution in [1.29, 1.82) is 0 Å². The molecule has 0 radical (unpaired) electrons. The Labute approximate surface area is 256 Å². The quantitative estimate of drug-likeness (QED) is 0.358. The Balaban J connectivity index is 1.38. The van der Waals surface area contributed by atoms with Crippen molar-refractivity contribution < 1.29 is 33.3 Å². The Morgan fingerprint density at radius 2 is 1.75 bits per heavy atom. The van der Waals surface area contributed by atoms with E-state index in [0.29, 0.717) is 30.8 Å². The number of amides is 3. The maximum absolute atomic E-state index is 14.7. The van der Waals surface area contributed by atoms with Crippen LogP contribution in [0.1, 0.15) is 49.9 Å². The van der Waals surface area contributed by atoms with Gasteiger partial charge in [-0.15, -0.1) is 0 Å². The number of hydrogen-bond donors (Lipinski definition) is 0. The summed E-state index contributed by atoms with van der Waals surface area (Å²) < 4.78 is 22.5. The molecule has 0 spiro atoms. The van der Waals surface area contributed by atoms with Crippen molar-refractivity contribution in [2.24, 2.45) is 5.92 Å². The van der Waals surface area contributed by atoms with E-state index in [0.717, 1.165) is 16.8 Å². The number of hydrogen-bond acceptors (Lipinski definition) is 8. The predicted molar refractivity (Wildman–Crippen MR) is 160 cm³/mol. The van der Waals surface area contributed by atoms with Crippen LogP contribution in [0.5, 0.6) is 11.5 Å². The van der Waals surface area contributed by atoms with Gasteiger partial charge in [0, 0.05) is 30.4 Å². The number of imide groups is 1.